The Balaban J connectivity index is 1.79. The van der Waals surface area contributed by atoms with Crippen LogP contribution in [0.15, 0.2) is 72.8 Å². The van der Waals surface area contributed by atoms with E-state index in [1.165, 1.54) is 6.07 Å². The third-order valence-corrected chi connectivity index (χ3v) is 5.83. The van der Waals surface area contributed by atoms with Gasteiger partial charge in [-0.05, 0) is 53.8 Å². The Morgan fingerprint density at radius 1 is 0.938 bits per heavy atom. The van der Waals surface area contributed by atoms with Gasteiger partial charge in [0.15, 0.2) is 0 Å². The van der Waals surface area contributed by atoms with E-state index in [1.807, 2.05) is 0 Å². The van der Waals surface area contributed by atoms with Crippen molar-refractivity contribution in [2.24, 2.45) is 5.73 Å². The maximum absolute atomic E-state index is 13.6. The van der Waals surface area contributed by atoms with Gasteiger partial charge in [-0.1, -0.05) is 48.5 Å². The quantitative estimate of drug-likeness (QED) is 0.600. The van der Waals surface area contributed by atoms with Crippen molar-refractivity contribution in [3.8, 4) is 0 Å². The summed E-state index contributed by atoms with van der Waals surface area (Å²) >= 11 is 0. The van der Waals surface area contributed by atoms with Gasteiger partial charge in [0.1, 0.15) is 0 Å². The summed E-state index contributed by atoms with van der Waals surface area (Å²) in [6, 6.07) is 18.8. The van der Waals surface area contributed by atoms with Crippen LogP contribution in [0.5, 0.6) is 0 Å². The first kappa shape index (κ1) is 21.6. The highest BCUT2D eigenvalue weighted by atomic mass is 19.4. The fraction of sp³-hybridized carbons (Fsp3) is 0.200. The molecule has 1 aliphatic carbocycles. The minimum atomic E-state index is -4.47. The fourth-order valence-corrected chi connectivity index (χ4v) is 4.37. The molecule has 0 saturated heterocycles. The molecular weight excluding hydrogens is 417 g/mol. The number of carbonyl (C=O) groups excluding carboxylic acids is 2. The van der Waals surface area contributed by atoms with Crippen molar-refractivity contribution >= 4 is 11.8 Å². The average Bonchev–Trinajstić information content (AvgIpc) is 3.21. The summed E-state index contributed by atoms with van der Waals surface area (Å²) in [7, 11) is 0. The Bertz CT molecular complexity index is 1160. The summed E-state index contributed by atoms with van der Waals surface area (Å²) in [4.78, 5) is 27.0. The Labute approximate surface area is 183 Å². The zero-order valence-electron chi connectivity index (χ0n) is 17.1. The molecule has 2 amide bonds. The summed E-state index contributed by atoms with van der Waals surface area (Å²) < 4.78 is 40.7. The van der Waals surface area contributed by atoms with Gasteiger partial charge in [0.25, 0.3) is 5.91 Å². The van der Waals surface area contributed by atoms with Gasteiger partial charge in [-0.2, -0.15) is 13.2 Å². The second-order valence-corrected chi connectivity index (χ2v) is 7.75. The van der Waals surface area contributed by atoms with Crippen molar-refractivity contribution in [1.82, 2.24) is 4.90 Å². The van der Waals surface area contributed by atoms with Gasteiger partial charge in [0, 0.05) is 17.7 Å². The topological polar surface area (TPSA) is 63.4 Å². The number of hydrogen-bond acceptors (Lipinski definition) is 2. The molecule has 0 heterocycles. The minimum absolute atomic E-state index is 0.0488. The van der Waals surface area contributed by atoms with E-state index >= 15 is 0 Å². The molecule has 0 aromatic heterocycles. The summed E-state index contributed by atoms with van der Waals surface area (Å²) in [5.74, 6) is -0.945. The number of hydrogen-bond donors (Lipinski definition) is 1. The van der Waals surface area contributed by atoms with Crippen molar-refractivity contribution in [3.05, 3.63) is 106 Å². The van der Waals surface area contributed by atoms with Crippen LogP contribution in [0.3, 0.4) is 0 Å². The monoisotopic (exact) mass is 438 g/mol. The van der Waals surface area contributed by atoms with Crippen molar-refractivity contribution in [3.63, 3.8) is 0 Å². The first-order chi connectivity index (χ1) is 15.3. The number of rotatable bonds is 5. The van der Waals surface area contributed by atoms with Gasteiger partial charge in [0.2, 0.25) is 5.91 Å². The highest BCUT2D eigenvalue weighted by molar-refractivity contribution is 5.96. The Kier molecular flexibility index (Phi) is 5.74. The Morgan fingerprint density at radius 3 is 2.31 bits per heavy atom. The number of carbonyl (C=O) groups is 2. The Morgan fingerprint density at radius 2 is 1.62 bits per heavy atom. The first-order valence-electron chi connectivity index (χ1n) is 10.2. The number of alkyl halides is 3. The van der Waals surface area contributed by atoms with Gasteiger partial charge in [-0.25, -0.2) is 0 Å². The number of nitrogens with two attached hydrogens (primary N) is 1. The maximum Gasteiger partial charge on any atom is 0.416 e. The summed E-state index contributed by atoms with van der Waals surface area (Å²) in [6.45, 7) is 0.0488. The highest BCUT2D eigenvalue weighted by Gasteiger charge is 2.39. The molecule has 32 heavy (non-hydrogen) atoms. The first-order valence-corrected chi connectivity index (χ1v) is 10.2. The zero-order valence-corrected chi connectivity index (χ0v) is 17.1. The van der Waals surface area contributed by atoms with Gasteiger partial charge in [-0.15, -0.1) is 0 Å². The van der Waals surface area contributed by atoms with Crippen LogP contribution >= 0.6 is 0 Å². The molecule has 0 unspecified atom stereocenters. The van der Waals surface area contributed by atoms with Crippen molar-refractivity contribution in [2.45, 2.75) is 31.6 Å². The van der Waals surface area contributed by atoms with E-state index in [-0.39, 0.29) is 30.0 Å². The molecule has 4 nitrogen and oxygen atoms in total. The molecule has 0 radical (unpaired) electrons. The fourth-order valence-electron chi connectivity index (χ4n) is 4.37. The van der Waals surface area contributed by atoms with Crippen LogP contribution < -0.4 is 5.73 Å². The smallest absolute Gasteiger partial charge is 0.366 e. The van der Waals surface area contributed by atoms with Crippen LogP contribution in [0.1, 0.15) is 55.4 Å². The molecule has 4 rings (SSSR count). The lowest BCUT2D eigenvalue weighted by molar-refractivity contribution is -0.138. The zero-order chi connectivity index (χ0) is 22.9. The molecule has 0 fully saturated rings. The second kappa shape index (κ2) is 8.49. The molecule has 3 aromatic carbocycles. The third kappa shape index (κ3) is 4.10. The summed E-state index contributed by atoms with van der Waals surface area (Å²) in [5, 5.41) is 0. The van der Waals surface area contributed by atoms with Gasteiger partial charge < -0.3 is 10.6 Å². The molecule has 0 aliphatic heterocycles. The molecule has 7 heteroatoms. The van der Waals surface area contributed by atoms with E-state index in [9.17, 15) is 22.8 Å². The Hall–Kier alpha value is -3.61. The van der Waals surface area contributed by atoms with Crippen LogP contribution in [-0.4, -0.2) is 16.7 Å². The molecule has 1 aliphatic rings. The highest BCUT2D eigenvalue weighted by Crippen LogP contribution is 2.43. The molecular formula is C25H21F3N2O2. The van der Waals surface area contributed by atoms with Crippen LogP contribution in [-0.2, 0) is 19.1 Å². The van der Waals surface area contributed by atoms with E-state index in [0.717, 1.165) is 6.07 Å². The number of primary amides is 1. The molecule has 2 N–H and O–H groups in total. The van der Waals surface area contributed by atoms with Gasteiger partial charge in [0.05, 0.1) is 11.6 Å². The number of amides is 2. The maximum atomic E-state index is 13.6. The van der Waals surface area contributed by atoms with Gasteiger partial charge in [-0.3, -0.25) is 9.59 Å². The predicted octanol–water partition coefficient (Wildman–Crippen LogP) is 5.13. The lowest BCUT2D eigenvalue weighted by atomic mass is 9.99. The van der Waals surface area contributed by atoms with Crippen LogP contribution in [0, 0.1) is 0 Å². The molecule has 0 spiro atoms. The SMILES string of the molecule is NC(=O)c1ccccc1CN(C(=O)c1ccccc1)[C@@H]1CCc2c1cccc2C(F)(F)F. The van der Waals surface area contributed by atoms with Gasteiger partial charge >= 0.3 is 6.18 Å². The minimum Gasteiger partial charge on any atom is -0.366 e. The van der Waals surface area contributed by atoms with E-state index in [4.69, 9.17) is 5.73 Å². The van der Waals surface area contributed by atoms with E-state index < -0.39 is 23.7 Å². The van der Waals surface area contributed by atoms with E-state index in [0.29, 0.717) is 23.1 Å². The number of halogens is 3. The number of nitrogens with zero attached hydrogens (tertiary/aromatic N) is 1. The normalized spacial score (nSPS) is 15.3. The molecule has 0 bridgehead atoms. The lowest BCUT2D eigenvalue weighted by Crippen LogP contribution is -2.34. The summed E-state index contributed by atoms with van der Waals surface area (Å²) in [5.41, 5.74) is 6.80. The molecule has 164 valence electrons. The van der Waals surface area contributed by atoms with Crippen molar-refractivity contribution in [2.75, 3.05) is 0 Å². The molecule has 1 atom stereocenters. The summed E-state index contributed by atoms with van der Waals surface area (Å²) in [6.07, 6.45) is -3.89. The largest absolute Gasteiger partial charge is 0.416 e. The van der Waals surface area contributed by atoms with Crippen LogP contribution in [0.4, 0.5) is 13.2 Å². The number of fused-ring (bicyclic) bond motifs is 1. The number of benzene rings is 3. The standard InChI is InChI=1S/C25H21F3N2O2/c26-25(27,28)21-12-6-11-20-19(21)13-14-22(20)30(24(32)16-7-2-1-3-8-16)15-17-9-4-5-10-18(17)23(29)31/h1-12,22H,13-15H2,(H2,29,31)/t22-/m1/s1. The average molecular weight is 438 g/mol. The molecule has 3 aromatic rings. The predicted molar refractivity (Wildman–Crippen MR) is 114 cm³/mol. The van der Waals surface area contributed by atoms with Crippen molar-refractivity contribution < 1.29 is 22.8 Å². The van der Waals surface area contributed by atoms with Crippen molar-refractivity contribution in [1.29, 1.82) is 0 Å². The van der Waals surface area contributed by atoms with E-state index in [1.54, 1.807) is 65.6 Å². The third-order valence-electron chi connectivity index (χ3n) is 5.83. The van der Waals surface area contributed by atoms with Crippen LogP contribution in [0.2, 0.25) is 0 Å². The van der Waals surface area contributed by atoms with E-state index in [2.05, 4.69) is 0 Å². The second-order valence-electron chi connectivity index (χ2n) is 7.75. The lowest BCUT2D eigenvalue weighted by Gasteiger charge is -2.31. The van der Waals surface area contributed by atoms with Crippen LogP contribution in [0.25, 0.3) is 0 Å². The molecule has 0 saturated carbocycles.